The highest BCUT2D eigenvalue weighted by atomic mass is 33.1. The molecule has 1 aliphatic rings. The van der Waals surface area contributed by atoms with Crippen LogP contribution in [0.5, 0.6) is 0 Å². The molecule has 1 saturated carbocycles. The monoisotopic (exact) mass is 436 g/mol. The molecular formula is C17H28N2O7S2. The lowest BCUT2D eigenvalue weighted by molar-refractivity contribution is -0.756. The molecule has 0 bridgehead atoms. The SMILES string of the molecule is CC(=O)NCC1(CC(=O)CC(=O)OCCSSCCO[N+](=O)[O-])CCCCC1. The first kappa shape index (κ1) is 24.5. The van der Waals surface area contributed by atoms with Crippen molar-refractivity contribution in [2.24, 2.45) is 5.41 Å². The largest absolute Gasteiger partial charge is 0.464 e. The molecule has 1 amide bonds. The van der Waals surface area contributed by atoms with Gasteiger partial charge in [0, 0.05) is 31.4 Å². The molecule has 0 atom stereocenters. The number of nitrogens with zero attached hydrogens (tertiary/aromatic N) is 1. The van der Waals surface area contributed by atoms with Crippen LogP contribution in [0.2, 0.25) is 0 Å². The van der Waals surface area contributed by atoms with Crippen molar-refractivity contribution in [3.63, 3.8) is 0 Å². The molecule has 1 aliphatic carbocycles. The molecule has 0 unspecified atom stereocenters. The highest BCUT2D eigenvalue weighted by Gasteiger charge is 2.34. The topological polar surface area (TPSA) is 125 Å². The highest BCUT2D eigenvalue weighted by Crippen LogP contribution is 2.39. The highest BCUT2D eigenvalue weighted by molar-refractivity contribution is 8.76. The van der Waals surface area contributed by atoms with Gasteiger partial charge in [-0.3, -0.25) is 14.4 Å². The second-order valence-electron chi connectivity index (χ2n) is 6.78. The van der Waals surface area contributed by atoms with Crippen LogP contribution in [0.3, 0.4) is 0 Å². The van der Waals surface area contributed by atoms with E-state index in [0.717, 1.165) is 32.1 Å². The predicted molar refractivity (Wildman–Crippen MR) is 107 cm³/mol. The molecule has 0 aliphatic heterocycles. The van der Waals surface area contributed by atoms with E-state index in [2.05, 4.69) is 10.2 Å². The average Bonchev–Trinajstić information content (AvgIpc) is 2.62. The Morgan fingerprint density at radius 2 is 1.75 bits per heavy atom. The molecule has 1 fully saturated rings. The van der Waals surface area contributed by atoms with E-state index in [0.29, 0.717) is 18.1 Å². The van der Waals surface area contributed by atoms with Crippen LogP contribution in [-0.2, 0) is 24.0 Å². The number of rotatable bonds is 14. The van der Waals surface area contributed by atoms with Crippen molar-refractivity contribution in [2.75, 3.05) is 31.3 Å². The number of esters is 1. The van der Waals surface area contributed by atoms with Crippen LogP contribution in [0.1, 0.15) is 51.9 Å². The molecule has 11 heteroatoms. The van der Waals surface area contributed by atoms with Gasteiger partial charge in [0.2, 0.25) is 5.91 Å². The van der Waals surface area contributed by atoms with Crippen molar-refractivity contribution in [3.8, 4) is 0 Å². The molecule has 0 aromatic carbocycles. The van der Waals surface area contributed by atoms with Crippen molar-refractivity contribution in [1.29, 1.82) is 0 Å². The number of ketones is 1. The molecular weight excluding hydrogens is 408 g/mol. The van der Waals surface area contributed by atoms with Crippen molar-refractivity contribution >= 4 is 39.2 Å². The van der Waals surface area contributed by atoms with E-state index >= 15 is 0 Å². The van der Waals surface area contributed by atoms with E-state index in [4.69, 9.17) is 4.74 Å². The maximum absolute atomic E-state index is 12.3. The number of hydrogen-bond acceptors (Lipinski definition) is 9. The molecule has 0 aromatic rings. The second kappa shape index (κ2) is 13.6. The Morgan fingerprint density at radius 3 is 2.36 bits per heavy atom. The van der Waals surface area contributed by atoms with E-state index < -0.39 is 11.1 Å². The first-order chi connectivity index (χ1) is 13.3. The van der Waals surface area contributed by atoms with Crippen LogP contribution in [0.25, 0.3) is 0 Å². The Hall–Kier alpha value is -1.49. The van der Waals surface area contributed by atoms with E-state index in [1.165, 1.54) is 28.5 Å². The van der Waals surface area contributed by atoms with Crippen LogP contribution in [-0.4, -0.2) is 54.0 Å². The average molecular weight is 437 g/mol. The molecule has 0 spiro atoms. The van der Waals surface area contributed by atoms with Gasteiger partial charge in [0.05, 0.1) is 0 Å². The molecule has 9 nitrogen and oxygen atoms in total. The minimum atomic E-state index is -0.836. The van der Waals surface area contributed by atoms with Gasteiger partial charge in [0.25, 0.3) is 5.09 Å². The van der Waals surface area contributed by atoms with Crippen LogP contribution in [0, 0.1) is 15.5 Å². The molecule has 0 aromatic heterocycles. The van der Waals surface area contributed by atoms with Crippen molar-refractivity contribution in [2.45, 2.75) is 51.9 Å². The standard InChI is InChI=1S/C17H28N2O7S2/c1-14(20)18-13-17(5-3-2-4-6-17)12-15(21)11-16(22)25-7-9-27-28-10-8-26-19(23)24/h2-13H2,1H3,(H,18,20). The first-order valence-corrected chi connectivity index (χ1v) is 11.8. The number of nitrogens with one attached hydrogen (secondary N) is 1. The van der Waals surface area contributed by atoms with Crippen LogP contribution >= 0.6 is 21.6 Å². The van der Waals surface area contributed by atoms with Gasteiger partial charge in [-0.2, -0.15) is 0 Å². The lowest BCUT2D eigenvalue weighted by Gasteiger charge is -2.37. The van der Waals surface area contributed by atoms with Gasteiger partial charge >= 0.3 is 5.97 Å². The number of carbonyl (C=O) groups is 3. The van der Waals surface area contributed by atoms with Gasteiger partial charge in [0.15, 0.2) is 0 Å². The molecule has 0 saturated heterocycles. The lowest BCUT2D eigenvalue weighted by Crippen LogP contribution is -2.40. The fourth-order valence-electron chi connectivity index (χ4n) is 3.18. The summed E-state index contributed by atoms with van der Waals surface area (Å²) >= 11 is 0. The van der Waals surface area contributed by atoms with Crippen molar-refractivity contribution in [3.05, 3.63) is 10.1 Å². The summed E-state index contributed by atoms with van der Waals surface area (Å²) in [4.78, 5) is 49.6. The van der Waals surface area contributed by atoms with Crippen LogP contribution < -0.4 is 5.32 Å². The van der Waals surface area contributed by atoms with Crippen molar-refractivity contribution < 1.29 is 29.0 Å². The molecule has 1 N–H and O–H groups in total. The smallest absolute Gasteiger partial charge is 0.313 e. The Balaban J connectivity index is 2.22. The Morgan fingerprint density at radius 1 is 1.11 bits per heavy atom. The normalized spacial score (nSPS) is 15.5. The van der Waals surface area contributed by atoms with E-state index in [1.54, 1.807) is 0 Å². The van der Waals surface area contributed by atoms with Crippen LogP contribution in [0.15, 0.2) is 0 Å². The van der Waals surface area contributed by atoms with Gasteiger partial charge < -0.3 is 14.9 Å². The van der Waals surface area contributed by atoms with Gasteiger partial charge in [-0.05, 0) is 18.3 Å². The third-order valence-electron chi connectivity index (χ3n) is 4.42. The fourth-order valence-corrected chi connectivity index (χ4v) is 4.82. The zero-order valence-electron chi connectivity index (χ0n) is 16.1. The summed E-state index contributed by atoms with van der Waals surface area (Å²) < 4.78 is 5.07. The molecule has 160 valence electrons. The summed E-state index contributed by atoms with van der Waals surface area (Å²) in [6, 6.07) is 0. The summed E-state index contributed by atoms with van der Waals surface area (Å²) in [5.74, 6) is 0.162. The number of Topliss-reactive ketones (excluding diaryl/α,β-unsaturated/α-hetero) is 1. The Kier molecular flexibility index (Phi) is 12.0. The summed E-state index contributed by atoms with van der Waals surface area (Å²) in [5.41, 5.74) is -0.250. The minimum absolute atomic E-state index is 0.0131. The van der Waals surface area contributed by atoms with E-state index in [9.17, 15) is 24.5 Å². The zero-order chi connectivity index (χ0) is 20.8. The summed E-state index contributed by atoms with van der Waals surface area (Å²) in [7, 11) is 2.80. The molecule has 0 heterocycles. The lowest BCUT2D eigenvalue weighted by atomic mass is 9.70. The minimum Gasteiger partial charge on any atom is -0.464 e. The molecule has 0 radical (unpaired) electrons. The third kappa shape index (κ3) is 11.4. The number of carbonyl (C=O) groups excluding carboxylic acids is 3. The maximum atomic E-state index is 12.3. The zero-order valence-corrected chi connectivity index (χ0v) is 17.7. The number of hydrogen-bond donors (Lipinski definition) is 1. The van der Waals surface area contributed by atoms with Gasteiger partial charge in [-0.15, -0.1) is 10.1 Å². The number of ether oxygens (including phenoxy) is 1. The quantitative estimate of drug-likeness (QED) is 0.109. The summed E-state index contributed by atoms with van der Waals surface area (Å²) in [6.07, 6.45) is 4.97. The van der Waals surface area contributed by atoms with E-state index in [-0.39, 0.29) is 43.2 Å². The first-order valence-electron chi connectivity index (χ1n) is 9.26. The predicted octanol–water partition coefficient (Wildman–Crippen LogP) is 2.56. The van der Waals surface area contributed by atoms with Gasteiger partial charge in [0.1, 0.15) is 25.4 Å². The third-order valence-corrected chi connectivity index (χ3v) is 6.75. The Bertz CT molecular complexity index is 540. The maximum Gasteiger partial charge on any atom is 0.313 e. The Labute approximate surface area is 172 Å². The van der Waals surface area contributed by atoms with Crippen molar-refractivity contribution in [1.82, 2.24) is 5.32 Å². The van der Waals surface area contributed by atoms with Gasteiger partial charge in [-0.1, -0.05) is 40.9 Å². The summed E-state index contributed by atoms with van der Waals surface area (Å²) in [5, 5.41) is 12.0. The van der Waals surface area contributed by atoms with Gasteiger partial charge in [-0.25, -0.2) is 0 Å². The van der Waals surface area contributed by atoms with Crippen LogP contribution in [0.4, 0.5) is 0 Å². The van der Waals surface area contributed by atoms with E-state index in [1.807, 2.05) is 0 Å². The molecule has 1 rings (SSSR count). The number of amides is 1. The fraction of sp³-hybridized carbons (Fsp3) is 0.824. The summed E-state index contributed by atoms with van der Waals surface area (Å²) in [6.45, 7) is 2.12. The second-order valence-corrected chi connectivity index (χ2v) is 9.49. The molecule has 28 heavy (non-hydrogen) atoms.